The summed E-state index contributed by atoms with van der Waals surface area (Å²) in [6.07, 6.45) is 0. The Morgan fingerprint density at radius 2 is 1.08 bits per heavy atom. The minimum Gasteiger partial charge on any atom is -0.289 e. The molecule has 0 saturated heterocycles. The standard InChI is InChI=1S/C20H13ClOS2.C13H6Cl2OS.C7H8S/c1-12-5-4-6-13(11-12)23-17-10-9-15-19(22)14-7-2-3-8-16(14)24-20(15)18(17)21;14-9-6-5-8-12(16)7-3-1-2-4-10(7)17-13(8)11(9)15;1-6-3-2-4-7(8)5-6/h2-11H,1H3;1-6H;2-5,8H,1H3. The first-order valence-corrected chi connectivity index (χ1v) is 19.1. The van der Waals surface area contributed by atoms with Crippen molar-refractivity contribution in [1.29, 1.82) is 0 Å². The number of rotatable bonds is 2. The molecule has 0 radical (unpaired) electrons. The van der Waals surface area contributed by atoms with Crippen molar-refractivity contribution in [3.8, 4) is 0 Å². The second-order valence-corrected chi connectivity index (χ2v) is 16.0. The van der Waals surface area contributed by atoms with Crippen molar-refractivity contribution in [3.05, 3.63) is 168 Å². The molecule has 0 amide bonds. The van der Waals surface area contributed by atoms with Crippen LogP contribution in [0.5, 0.6) is 0 Å². The molecule has 0 aliphatic heterocycles. The van der Waals surface area contributed by atoms with E-state index < -0.39 is 0 Å². The van der Waals surface area contributed by atoms with Crippen LogP contribution < -0.4 is 10.9 Å². The van der Waals surface area contributed by atoms with Gasteiger partial charge < -0.3 is 0 Å². The van der Waals surface area contributed by atoms with Crippen LogP contribution in [-0.4, -0.2) is 0 Å². The van der Waals surface area contributed by atoms with Gasteiger partial charge in [-0.3, -0.25) is 9.59 Å². The van der Waals surface area contributed by atoms with E-state index in [-0.39, 0.29) is 10.9 Å². The van der Waals surface area contributed by atoms with Crippen LogP contribution in [-0.2, 0) is 0 Å². The smallest absolute Gasteiger partial charge is 0.195 e. The Bertz CT molecular complexity index is 2600. The lowest BCUT2D eigenvalue weighted by molar-refractivity contribution is 1.35. The summed E-state index contributed by atoms with van der Waals surface area (Å²) in [5.74, 6) is 0. The summed E-state index contributed by atoms with van der Waals surface area (Å²) in [4.78, 5) is 28.1. The van der Waals surface area contributed by atoms with Crippen molar-refractivity contribution in [2.45, 2.75) is 28.5 Å². The number of hydrogen-bond acceptors (Lipinski definition) is 6. The summed E-state index contributed by atoms with van der Waals surface area (Å²) >= 11 is 27.6. The molecule has 9 heteroatoms. The maximum atomic E-state index is 12.7. The molecule has 8 aromatic rings. The van der Waals surface area contributed by atoms with Gasteiger partial charge in [-0.2, -0.15) is 0 Å². The van der Waals surface area contributed by atoms with Crippen LogP contribution in [0.1, 0.15) is 11.1 Å². The van der Waals surface area contributed by atoms with Gasteiger partial charge in [0.05, 0.1) is 24.5 Å². The van der Waals surface area contributed by atoms with E-state index in [0.717, 1.165) is 44.3 Å². The number of thiol groups is 1. The third kappa shape index (κ3) is 8.03. The lowest BCUT2D eigenvalue weighted by atomic mass is 10.2. The average molecular weight is 774 g/mol. The van der Waals surface area contributed by atoms with Crippen molar-refractivity contribution in [2.75, 3.05) is 0 Å². The molecule has 6 aromatic carbocycles. The van der Waals surface area contributed by atoms with Gasteiger partial charge in [-0.05, 0) is 86.6 Å². The molecule has 0 saturated carbocycles. The predicted molar refractivity (Wildman–Crippen MR) is 220 cm³/mol. The number of halogens is 3. The number of hydrogen-bond donors (Lipinski definition) is 1. The molecule has 2 nitrogen and oxygen atoms in total. The van der Waals surface area contributed by atoms with E-state index in [1.165, 1.54) is 22.5 Å². The van der Waals surface area contributed by atoms with E-state index in [2.05, 4.69) is 50.7 Å². The molecule has 0 unspecified atom stereocenters. The zero-order valence-corrected chi connectivity index (χ0v) is 31.8. The number of aryl methyl sites for hydroxylation is 2. The summed E-state index contributed by atoms with van der Waals surface area (Å²) in [6, 6.07) is 38.8. The Hall–Kier alpha value is -3.33. The van der Waals surface area contributed by atoms with Crippen LogP contribution in [0.3, 0.4) is 0 Å². The minimum absolute atomic E-state index is 0.00733. The second-order valence-electron chi connectivity index (χ2n) is 11.1. The van der Waals surface area contributed by atoms with Gasteiger partial charge in [0.15, 0.2) is 10.9 Å². The highest BCUT2D eigenvalue weighted by molar-refractivity contribution is 7.99. The Morgan fingerprint density at radius 3 is 1.63 bits per heavy atom. The van der Waals surface area contributed by atoms with Gasteiger partial charge in [-0.1, -0.05) is 106 Å². The zero-order valence-electron chi connectivity index (χ0n) is 26.2. The lowest BCUT2D eigenvalue weighted by Crippen LogP contribution is -2.01. The molecule has 2 aromatic heterocycles. The third-order valence-electron chi connectivity index (χ3n) is 7.51. The molecule has 0 aliphatic rings. The van der Waals surface area contributed by atoms with Crippen molar-refractivity contribution < 1.29 is 0 Å². The summed E-state index contributed by atoms with van der Waals surface area (Å²) in [5.41, 5.74) is 2.53. The van der Waals surface area contributed by atoms with E-state index >= 15 is 0 Å². The first kappa shape index (κ1) is 35.5. The fraction of sp³-hybridized carbons (Fsp3) is 0.0500. The molecule has 2 heterocycles. The molecule has 49 heavy (non-hydrogen) atoms. The second kappa shape index (κ2) is 15.7. The van der Waals surface area contributed by atoms with Gasteiger partial charge in [0.1, 0.15) is 0 Å². The maximum Gasteiger partial charge on any atom is 0.195 e. The van der Waals surface area contributed by atoms with E-state index in [0.29, 0.717) is 25.8 Å². The van der Waals surface area contributed by atoms with Crippen molar-refractivity contribution in [2.24, 2.45) is 0 Å². The highest BCUT2D eigenvalue weighted by Crippen LogP contribution is 2.40. The molecule has 244 valence electrons. The molecule has 0 N–H and O–H groups in total. The fourth-order valence-electron chi connectivity index (χ4n) is 5.14. The van der Waals surface area contributed by atoms with Gasteiger partial charge in [-0.25, -0.2) is 0 Å². The van der Waals surface area contributed by atoms with Gasteiger partial charge >= 0.3 is 0 Å². The minimum atomic E-state index is 0.00733. The van der Waals surface area contributed by atoms with Crippen LogP contribution in [0.25, 0.3) is 40.3 Å². The molecular weight excluding hydrogens is 747 g/mol. The summed E-state index contributed by atoms with van der Waals surface area (Å²) in [5, 5.41) is 4.39. The monoisotopic (exact) mass is 772 g/mol. The summed E-state index contributed by atoms with van der Waals surface area (Å²) in [7, 11) is 0. The largest absolute Gasteiger partial charge is 0.289 e. The van der Waals surface area contributed by atoms with Gasteiger partial charge in [0.2, 0.25) is 0 Å². The van der Waals surface area contributed by atoms with E-state index in [4.69, 9.17) is 34.8 Å². The first-order chi connectivity index (χ1) is 23.6. The van der Waals surface area contributed by atoms with Crippen molar-refractivity contribution in [1.82, 2.24) is 0 Å². The van der Waals surface area contributed by atoms with Gasteiger partial charge in [0.25, 0.3) is 0 Å². The molecule has 0 spiro atoms. The Kier molecular flexibility index (Phi) is 11.4. The SMILES string of the molecule is Cc1cccc(S)c1.Cc1cccc(Sc2ccc3c(=O)c4ccccc4sc3c2Cl)c1.O=c1c2ccccc2sc2c(Cl)c(Cl)ccc12. The maximum absolute atomic E-state index is 12.7. The third-order valence-corrected chi connectivity index (χ3v) is 12.8. The molecule has 0 aliphatic carbocycles. The predicted octanol–water partition coefficient (Wildman–Crippen LogP) is 13.5. The Labute approximate surface area is 316 Å². The summed E-state index contributed by atoms with van der Waals surface area (Å²) < 4.78 is 3.50. The lowest BCUT2D eigenvalue weighted by Gasteiger charge is -2.08. The highest BCUT2D eigenvalue weighted by Gasteiger charge is 2.13. The Morgan fingerprint density at radius 1 is 0.551 bits per heavy atom. The van der Waals surface area contributed by atoms with E-state index in [9.17, 15) is 9.59 Å². The van der Waals surface area contributed by atoms with Crippen molar-refractivity contribution in [3.63, 3.8) is 0 Å². The fourth-order valence-corrected chi connectivity index (χ4v) is 9.57. The number of benzene rings is 6. The average Bonchev–Trinajstić information content (AvgIpc) is 3.09. The Balaban J connectivity index is 0.000000144. The van der Waals surface area contributed by atoms with Gasteiger partial charge in [0, 0.05) is 45.6 Å². The van der Waals surface area contributed by atoms with Crippen LogP contribution in [0.4, 0.5) is 0 Å². The normalized spacial score (nSPS) is 10.9. The van der Waals surface area contributed by atoms with Crippen LogP contribution in [0.2, 0.25) is 15.1 Å². The van der Waals surface area contributed by atoms with Crippen LogP contribution in [0, 0.1) is 13.8 Å². The zero-order chi connectivity index (χ0) is 34.7. The molecule has 8 rings (SSSR count). The molecule has 0 fully saturated rings. The van der Waals surface area contributed by atoms with Crippen LogP contribution >= 0.6 is 81.9 Å². The topological polar surface area (TPSA) is 34.1 Å². The highest BCUT2D eigenvalue weighted by atomic mass is 35.5. The van der Waals surface area contributed by atoms with Gasteiger partial charge in [-0.15, -0.1) is 35.3 Å². The van der Waals surface area contributed by atoms with Crippen molar-refractivity contribution >= 4 is 122 Å². The molecular formula is C40H27Cl3O2S4. The molecule has 0 atom stereocenters. The molecule has 0 bridgehead atoms. The summed E-state index contributed by atoms with van der Waals surface area (Å²) in [6.45, 7) is 4.13. The number of fused-ring (bicyclic) bond motifs is 4. The van der Waals surface area contributed by atoms with Crippen LogP contribution in [0.15, 0.2) is 146 Å². The quantitative estimate of drug-likeness (QED) is 0.140. The van der Waals surface area contributed by atoms with E-state index in [1.54, 1.807) is 35.2 Å². The van der Waals surface area contributed by atoms with E-state index in [1.807, 2.05) is 84.9 Å². The first-order valence-electron chi connectivity index (χ1n) is 15.0.